The quantitative estimate of drug-likeness (QED) is 0.763. The summed E-state index contributed by atoms with van der Waals surface area (Å²) >= 11 is 0. The van der Waals surface area contributed by atoms with Crippen LogP contribution in [0.15, 0.2) is 0 Å². The number of piperazine rings is 1. The van der Waals surface area contributed by atoms with Gasteiger partial charge in [0.2, 0.25) is 11.8 Å². The Balaban J connectivity index is 2.27. The first-order valence-corrected chi connectivity index (χ1v) is 7.88. The molecule has 1 saturated heterocycles. The smallest absolute Gasteiger partial charge is 0.321 e. The lowest BCUT2D eigenvalue weighted by Crippen LogP contribution is -2.53. The molecular formula is C15H28N4O3. The van der Waals surface area contributed by atoms with Gasteiger partial charge in [-0.25, -0.2) is 4.79 Å². The summed E-state index contributed by atoms with van der Waals surface area (Å²) in [5.74, 6) is 0.175. The molecule has 1 rings (SSSR count). The Labute approximate surface area is 132 Å². The molecule has 1 aliphatic heterocycles. The van der Waals surface area contributed by atoms with Crippen LogP contribution in [-0.2, 0) is 9.59 Å². The van der Waals surface area contributed by atoms with E-state index in [4.69, 9.17) is 0 Å². The van der Waals surface area contributed by atoms with E-state index < -0.39 is 6.03 Å². The summed E-state index contributed by atoms with van der Waals surface area (Å²) < 4.78 is 0. The van der Waals surface area contributed by atoms with Crippen LogP contribution in [0, 0.1) is 11.8 Å². The van der Waals surface area contributed by atoms with Crippen molar-refractivity contribution >= 4 is 17.8 Å². The number of nitrogens with one attached hydrogen (secondary N) is 2. The molecule has 0 aliphatic carbocycles. The molecule has 4 amide bonds. The van der Waals surface area contributed by atoms with Crippen molar-refractivity contribution in [3.05, 3.63) is 0 Å². The van der Waals surface area contributed by atoms with Crippen LogP contribution in [0.5, 0.6) is 0 Å². The lowest BCUT2D eigenvalue weighted by molar-refractivity contribution is -0.136. The Hall–Kier alpha value is -1.63. The number of carbonyl (C=O) groups is 3. The molecule has 1 fully saturated rings. The van der Waals surface area contributed by atoms with Crippen molar-refractivity contribution in [3.63, 3.8) is 0 Å². The van der Waals surface area contributed by atoms with E-state index >= 15 is 0 Å². The number of carbonyl (C=O) groups excluding carboxylic acids is 3. The summed E-state index contributed by atoms with van der Waals surface area (Å²) in [7, 11) is 0. The van der Waals surface area contributed by atoms with E-state index in [0.29, 0.717) is 38.6 Å². The fourth-order valence-corrected chi connectivity index (χ4v) is 2.20. The van der Waals surface area contributed by atoms with Crippen molar-refractivity contribution in [2.75, 3.05) is 39.3 Å². The third-order valence-corrected chi connectivity index (χ3v) is 3.47. The lowest BCUT2D eigenvalue weighted by Gasteiger charge is -2.35. The highest BCUT2D eigenvalue weighted by atomic mass is 16.2. The largest absolute Gasteiger partial charge is 0.340 e. The van der Waals surface area contributed by atoms with Gasteiger partial charge >= 0.3 is 6.03 Å². The van der Waals surface area contributed by atoms with Crippen molar-refractivity contribution in [1.29, 1.82) is 0 Å². The molecule has 0 saturated carbocycles. The zero-order chi connectivity index (χ0) is 16.7. The molecular weight excluding hydrogens is 284 g/mol. The normalized spacial score (nSPS) is 16.0. The van der Waals surface area contributed by atoms with Gasteiger partial charge in [-0.3, -0.25) is 19.8 Å². The fourth-order valence-electron chi connectivity index (χ4n) is 2.20. The van der Waals surface area contributed by atoms with Gasteiger partial charge in [0.05, 0.1) is 6.54 Å². The molecule has 0 radical (unpaired) electrons. The second kappa shape index (κ2) is 8.73. The van der Waals surface area contributed by atoms with Gasteiger partial charge < -0.3 is 10.2 Å². The van der Waals surface area contributed by atoms with Crippen molar-refractivity contribution in [3.8, 4) is 0 Å². The molecule has 0 aromatic carbocycles. The van der Waals surface area contributed by atoms with E-state index in [-0.39, 0.29) is 24.3 Å². The van der Waals surface area contributed by atoms with E-state index in [1.807, 2.05) is 37.5 Å². The average molecular weight is 312 g/mol. The summed E-state index contributed by atoms with van der Waals surface area (Å²) in [4.78, 5) is 39.0. The average Bonchev–Trinajstić information content (AvgIpc) is 2.45. The monoisotopic (exact) mass is 312 g/mol. The first kappa shape index (κ1) is 18.4. The van der Waals surface area contributed by atoms with Crippen LogP contribution in [0.2, 0.25) is 0 Å². The van der Waals surface area contributed by atoms with E-state index in [1.54, 1.807) is 0 Å². The molecule has 0 unspecified atom stereocenters. The minimum absolute atomic E-state index is 0.000461. The molecule has 2 N–H and O–H groups in total. The highest BCUT2D eigenvalue weighted by molar-refractivity contribution is 5.95. The number of rotatable bonds is 5. The minimum Gasteiger partial charge on any atom is -0.340 e. The molecule has 0 atom stereocenters. The maximum absolute atomic E-state index is 11.9. The number of imide groups is 1. The zero-order valence-electron chi connectivity index (χ0n) is 14.0. The summed E-state index contributed by atoms with van der Waals surface area (Å²) in [5, 5.41) is 4.97. The van der Waals surface area contributed by atoms with Gasteiger partial charge in [0.25, 0.3) is 0 Å². The number of hydrogen-bond acceptors (Lipinski definition) is 4. The maximum atomic E-state index is 11.9. The second-order valence-corrected chi connectivity index (χ2v) is 6.41. The third-order valence-electron chi connectivity index (χ3n) is 3.47. The number of urea groups is 1. The first-order valence-electron chi connectivity index (χ1n) is 7.88. The second-order valence-electron chi connectivity index (χ2n) is 6.41. The molecule has 0 spiro atoms. The topological polar surface area (TPSA) is 81.8 Å². The Morgan fingerprint density at radius 2 is 1.59 bits per heavy atom. The molecule has 0 aromatic heterocycles. The van der Waals surface area contributed by atoms with Gasteiger partial charge in [0.15, 0.2) is 0 Å². The summed E-state index contributed by atoms with van der Waals surface area (Å²) in [6.07, 6.45) is 0. The molecule has 1 aliphatic rings. The van der Waals surface area contributed by atoms with Crippen LogP contribution in [0.1, 0.15) is 27.7 Å². The lowest BCUT2D eigenvalue weighted by atomic mass is 10.1. The Morgan fingerprint density at radius 3 is 2.09 bits per heavy atom. The fraction of sp³-hybridized carbons (Fsp3) is 0.800. The minimum atomic E-state index is -0.452. The van der Waals surface area contributed by atoms with Crippen LogP contribution >= 0.6 is 0 Å². The van der Waals surface area contributed by atoms with E-state index in [2.05, 4.69) is 10.6 Å². The van der Waals surface area contributed by atoms with Crippen LogP contribution in [0.3, 0.4) is 0 Å². The number of amides is 4. The molecule has 0 bridgehead atoms. The molecule has 1 heterocycles. The van der Waals surface area contributed by atoms with Crippen molar-refractivity contribution in [2.24, 2.45) is 11.8 Å². The molecule has 7 nitrogen and oxygen atoms in total. The van der Waals surface area contributed by atoms with Crippen LogP contribution in [-0.4, -0.2) is 66.9 Å². The van der Waals surface area contributed by atoms with E-state index in [1.165, 1.54) is 0 Å². The Bertz CT molecular complexity index is 402. The number of nitrogens with zero attached hydrogens (tertiary/aromatic N) is 2. The van der Waals surface area contributed by atoms with Crippen LogP contribution < -0.4 is 10.6 Å². The van der Waals surface area contributed by atoms with E-state index in [0.717, 1.165) is 0 Å². The third kappa shape index (κ3) is 6.43. The van der Waals surface area contributed by atoms with Crippen molar-refractivity contribution in [1.82, 2.24) is 20.4 Å². The zero-order valence-corrected chi connectivity index (χ0v) is 14.0. The molecule has 7 heteroatoms. The van der Waals surface area contributed by atoms with Crippen LogP contribution in [0.25, 0.3) is 0 Å². The summed E-state index contributed by atoms with van der Waals surface area (Å²) in [6, 6.07) is -0.452. The van der Waals surface area contributed by atoms with Gasteiger partial charge in [0.1, 0.15) is 0 Å². The Kier molecular flexibility index (Phi) is 7.31. The van der Waals surface area contributed by atoms with Gasteiger partial charge in [-0.05, 0) is 5.92 Å². The van der Waals surface area contributed by atoms with Crippen LogP contribution in [0.4, 0.5) is 4.79 Å². The van der Waals surface area contributed by atoms with Crippen molar-refractivity contribution in [2.45, 2.75) is 27.7 Å². The first-order chi connectivity index (χ1) is 10.3. The van der Waals surface area contributed by atoms with Gasteiger partial charge in [0, 0.05) is 38.6 Å². The molecule has 0 aromatic rings. The molecule has 22 heavy (non-hydrogen) atoms. The van der Waals surface area contributed by atoms with Crippen molar-refractivity contribution < 1.29 is 14.4 Å². The standard InChI is InChI=1S/C15H28N4O3/c1-11(2)9-16-15(22)17-13(20)10-18-5-7-19(8-6-18)14(21)12(3)4/h11-12H,5-10H2,1-4H3,(H2,16,17,20,22). The van der Waals surface area contributed by atoms with Gasteiger partial charge in [-0.15, -0.1) is 0 Å². The van der Waals surface area contributed by atoms with Gasteiger partial charge in [-0.1, -0.05) is 27.7 Å². The SMILES string of the molecule is CC(C)CNC(=O)NC(=O)CN1CCN(C(=O)C(C)C)CC1. The highest BCUT2D eigenvalue weighted by Crippen LogP contribution is 2.06. The Morgan fingerprint density at radius 1 is 1.00 bits per heavy atom. The summed E-state index contributed by atoms with van der Waals surface area (Å²) in [6.45, 7) is 11.0. The summed E-state index contributed by atoms with van der Waals surface area (Å²) in [5.41, 5.74) is 0. The van der Waals surface area contributed by atoms with E-state index in [9.17, 15) is 14.4 Å². The van der Waals surface area contributed by atoms with Gasteiger partial charge in [-0.2, -0.15) is 0 Å². The highest BCUT2D eigenvalue weighted by Gasteiger charge is 2.24. The predicted octanol–water partition coefficient (Wildman–Crippen LogP) is 0.268. The predicted molar refractivity (Wildman–Crippen MR) is 84.2 cm³/mol. The number of hydrogen-bond donors (Lipinski definition) is 2. The molecule has 126 valence electrons. The maximum Gasteiger partial charge on any atom is 0.321 e.